The molecular weight excluding hydrogens is 236 g/mol. The van der Waals surface area contributed by atoms with Gasteiger partial charge in [-0.25, -0.2) is 4.98 Å². The predicted octanol–water partition coefficient (Wildman–Crippen LogP) is 3.62. The number of benzene rings is 2. The molecule has 1 N–H and O–H groups in total. The highest BCUT2D eigenvalue weighted by molar-refractivity contribution is 5.99. The molecule has 3 nitrogen and oxygen atoms in total. The van der Waals surface area contributed by atoms with E-state index in [0.29, 0.717) is 0 Å². The van der Waals surface area contributed by atoms with Gasteiger partial charge < -0.3 is 5.11 Å². The van der Waals surface area contributed by atoms with E-state index in [-0.39, 0.29) is 5.75 Å². The lowest BCUT2D eigenvalue weighted by Gasteiger charge is -2.11. The average molecular weight is 250 g/mol. The van der Waals surface area contributed by atoms with Gasteiger partial charge in [-0.3, -0.25) is 4.98 Å². The highest BCUT2D eigenvalue weighted by Gasteiger charge is 2.13. The second-order valence-corrected chi connectivity index (χ2v) is 4.63. The summed E-state index contributed by atoms with van der Waals surface area (Å²) in [7, 11) is 0. The fraction of sp³-hybridized carbons (Fsp3) is 0.125. The third kappa shape index (κ3) is 1.93. The van der Waals surface area contributed by atoms with E-state index in [1.807, 2.05) is 44.2 Å². The second-order valence-electron chi connectivity index (χ2n) is 4.63. The highest BCUT2D eigenvalue weighted by Crippen LogP contribution is 2.36. The van der Waals surface area contributed by atoms with Gasteiger partial charge in [0.05, 0.1) is 22.6 Å². The van der Waals surface area contributed by atoms with Gasteiger partial charge in [-0.15, -0.1) is 0 Å². The summed E-state index contributed by atoms with van der Waals surface area (Å²) in [5.41, 5.74) is 3.16. The van der Waals surface area contributed by atoms with Crippen molar-refractivity contribution in [2.45, 2.75) is 13.8 Å². The molecule has 3 rings (SSSR count). The van der Waals surface area contributed by atoms with Gasteiger partial charge in [-0.05, 0) is 30.7 Å². The van der Waals surface area contributed by atoms with E-state index in [9.17, 15) is 5.11 Å². The van der Waals surface area contributed by atoms with Crippen molar-refractivity contribution >= 4 is 10.8 Å². The molecule has 3 heteroatoms. The number of rotatable bonds is 1. The summed E-state index contributed by atoms with van der Waals surface area (Å²) in [6.45, 7) is 3.81. The molecule has 0 atom stereocenters. The Morgan fingerprint density at radius 1 is 1.00 bits per heavy atom. The maximum atomic E-state index is 10.2. The molecule has 0 aliphatic carbocycles. The average Bonchev–Trinajstić information content (AvgIpc) is 2.42. The smallest absolute Gasteiger partial charge is 0.125 e. The number of nitrogens with zero attached hydrogens (tertiary/aromatic N) is 2. The molecule has 94 valence electrons. The monoisotopic (exact) mass is 250 g/mol. The molecule has 0 radical (unpaired) electrons. The van der Waals surface area contributed by atoms with Gasteiger partial charge in [-0.2, -0.15) is 0 Å². The number of hydrogen-bond donors (Lipinski definition) is 1. The van der Waals surface area contributed by atoms with Crippen LogP contribution in [-0.2, 0) is 0 Å². The number of fused-ring (bicyclic) bond motifs is 1. The van der Waals surface area contributed by atoms with Gasteiger partial charge in [0.25, 0.3) is 0 Å². The van der Waals surface area contributed by atoms with Crippen LogP contribution < -0.4 is 0 Å². The Labute approximate surface area is 111 Å². The Morgan fingerprint density at radius 3 is 2.63 bits per heavy atom. The van der Waals surface area contributed by atoms with Crippen LogP contribution in [0.3, 0.4) is 0 Å². The first-order valence-electron chi connectivity index (χ1n) is 6.18. The predicted molar refractivity (Wildman–Crippen MR) is 76.1 cm³/mol. The molecular formula is C16H14N2O. The standard InChI is InChI=1S/C16H14N2O/c1-10-9-17-11(2)16(18-10)15-13-6-4-3-5-12(13)7-8-14(15)19/h3-9,19H,1-2H3. The first-order chi connectivity index (χ1) is 9.16. The summed E-state index contributed by atoms with van der Waals surface area (Å²) in [5.74, 6) is 0.238. The maximum absolute atomic E-state index is 10.2. The van der Waals surface area contributed by atoms with Crippen molar-refractivity contribution in [1.29, 1.82) is 0 Å². The molecule has 0 bridgehead atoms. The molecule has 0 saturated heterocycles. The first kappa shape index (κ1) is 11.7. The molecule has 1 aromatic heterocycles. The van der Waals surface area contributed by atoms with Gasteiger partial charge >= 0.3 is 0 Å². The topological polar surface area (TPSA) is 46.0 Å². The van der Waals surface area contributed by atoms with E-state index in [2.05, 4.69) is 9.97 Å². The van der Waals surface area contributed by atoms with E-state index in [0.717, 1.165) is 33.4 Å². The highest BCUT2D eigenvalue weighted by atomic mass is 16.3. The Morgan fingerprint density at radius 2 is 1.79 bits per heavy atom. The van der Waals surface area contributed by atoms with Crippen molar-refractivity contribution in [3.05, 3.63) is 54.0 Å². The quantitative estimate of drug-likeness (QED) is 0.717. The lowest BCUT2D eigenvalue weighted by molar-refractivity contribution is 0.478. The summed E-state index contributed by atoms with van der Waals surface area (Å²) in [4.78, 5) is 8.86. The summed E-state index contributed by atoms with van der Waals surface area (Å²) < 4.78 is 0. The molecule has 1 heterocycles. The van der Waals surface area contributed by atoms with E-state index >= 15 is 0 Å². The van der Waals surface area contributed by atoms with Crippen molar-refractivity contribution in [3.63, 3.8) is 0 Å². The molecule has 3 aromatic rings. The number of phenols is 1. The van der Waals surface area contributed by atoms with Crippen LogP contribution in [0.25, 0.3) is 22.0 Å². The van der Waals surface area contributed by atoms with Crippen LogP contribution in [0, 0.1) is 13.8 Å². The maximum Gasteiger partial charge on any atom is 0.125 e. The number of aromatic nitrogens is 2. The Bertz CT molecular complexity index is 766. The molecule has 0 aliphatic heterocycles. The van der Waals surface area contributed by atoms with Gasteiger partial charge in [0.1, 0.15) is 5.75 Å². The van der Waals surface area contributed by atoms with Crippen molar-refractivity contribution in [3.8, 4) is 17.0 Å². The fourth-order valence-electron chi connectivity index (χ4n) is 2.28. The Hall–Kier alpha value is -2.42. The zero-order valence-electron chi connectivity index (χ0n) is 10.9. The zero-order valence-corrected chi connectivity index (χ0v) is 10.9. The molecule has 19 heavy (non-hydrogen) atoms. The third-order valence-corrected chi connectivity index (χ3v) is 3.22. The summed E-state index contributed by atoms with van der Waals surface area (Å²) in [6, 6.07) is 11.6. The van der Waals surface area contributed by atoms with Gasteiger partial charge in [0.15, 0.2) is 0 Å². The van der Waals surface area contributed by atoms with Crippen LogP contribution in [0.2, 0.25) is 0 Å². The number of phenolic OH excluding ortho intramolecular Hbond substituents is 1. The van der Waals surface area contributed by atoms with Crippen molar-refractivity contribution in [1.82, 2.24) is 9.97 Å². The van der Waals surface area contributed by atoms with E-state index in [1.165, 1.54) is 0 Å². The lowest BCUT2D eigenvalue weighted by atomic mass is 10.00. The molecule has 2 aromatic carbocycles. The zero-order chi connectivity index (χ0) is 13.4. The van der Waals surface area contributed by atoms with Crippen molar-refractivity contribution < 1.29 is 5.11 Å². The first-order valence-corrected chi connectivity index (χ1v) is 6.18. The number of aromatic hydroxyl groups is 1. The molecule has 0 spiro atoms. The largest absolute Gasteiger partial charge is 0.507 e. The number of hydrogen-bond acceptors (Lipinski definition) is 3. The van der Waals surface area contributed by atoms with Crippen LogP contribution >= 0.6 is 0 Å². The van der Waals surface area contributed by atoms with Crippen molar-refractivity contribution in [2.24, 2.45) is 0 Å². The van der Waals surface area contributed by atoms with Crippen LogP contribution in [-0.4, -0.2) is 15.1 Å². The summed E-state index contributed by atoms with van der Waals surface area (Å²) in [6.07, 6.45) is 1.74. The van der Waals surface area contributed by atoms with E-state index in [4.69, 9.17) is 0 Å². The Kier molecular flexibility index (Phi) is 2.67. The number of aryl methyl sites for hydroxylation is 2. The molecule has 0 aliphatic rings. The minimum absolute atomic E-state index is 0.238. The van der Waals surface area contributed by atoms with Crippen molar-refractivity contribution in [2.75, 3.05) is 0 Å². The van der Waals surface area contributed by atoms with Crippen LogP contribution in [0.1, 0.15) is 11.4 Å². The minimum Gasteiger partial charge on any atom is -0.507 e. The van der Waals surface area contributed by atoms with Crippen LogP contribution in [0.15, 0.2) is 42.6 Å². The molecule has 0 fully saturated rings. The van der Waals surface area contributed by atoms with E-state index in [1.54, 1.807) is 12.3 Å². The van der Waals surface area contributed by atoms with Crippen LogP contribution in [0.4, 0.5) is 0 Å². The molecule has 0 unspecified atom stereocenters. The van der Waals surface area contributed by atoms with Gasteiger partial charge in [-0.1, -0.05) is 30.3 Å². The minimum atomic E-state index is 0.238. The molecule has 0 saturated carbocycles. The normalized spacial score (nSPS) is 10.8. The molecule has 0 amide bonds. The fourth-order valence-corrected chi connectivity index (χ4v) is 2.28. The third-order valence-electron chi connectivity index (χ3n) is 3.22. The lowest BCUT2D eigenvalue weighted by Crippen LogP contribution is -1.95. The van der Waals surface area contributed by atoms with Gasteiger partial charge in [0, 0.05) is 6.20 Å². The Balaban J connectivity index is 2.41. The second kappa shape index (κ2) is 4.35. The van der Waals surface area contributed by atoms with Gasteiger partial charge in [0.2, 0.25) is 0 Å². The SMILES string of the molecule is Cc1cnc(C)c(-c2c(O)ccc3ccccc23)n1. The van der Waals surface area contributed by atoms with Crippen LogP contribution in [0.5, 0.6) is 5.75 Å². The summed E-state index contributed by atoms with van der Waals surface area (Å²) in [5, 5.41) is 12.3. The van der Waals surface area contributed by atoms with E-state index < -0.39 is 0 Å². The summed E-state index contributed by atoms with van der Waals surface area (Å²) >= 11 is 0.